The molecule has 0 bridgehead atoms. The summed E-state index contributed by atoms with van der Waals surface area (Å²) in [5.74, 6) is 0.308. The molecule has 2 aromatic heterocycles. The summed E-state index contributed by atoms with van der Waals surface area (Å²) in [6.07, 6.45) is 1.55. The van der Waals surface area contributed by atoms with E-state index in [1.807, 2.05) is 0 Å². The van der Waals surface area contributed by atoms with Crippen LogP contribution in [0, 0.1) is 0 Å². The van der Waals surface area contributed by atoms with Gasteiger partial charge in [-0.05, 0) is 19.1 Å². The van der Waals surface area contributed by atoms with Crippen LogP contribution in [0.25, 0.3) is 11.6 Å². The van der Waals surface area contributed by atoms with Gasteiger partial charge in [0.2, 0.25) is 0 Å². The van der Waals surface area contributed by atoms with Gasteiger partial charge >= 0.3 is 5.97 Å². The molecule has 1 N–H and O–H groups in total. The van der Waals surface area contributed by atoms with Crippen LogP contribution in [-0.2, 0) is 11.8 Å². The summed E-state index contributed by atoms with van der Waals surface area (Å²) >= 11 is 1.14. The maximum atomic E-state index is 10.8. The first-order valence-corrected chi connectivity index (χ1v) is 5.80. The molecule has 17 heavy (non-hydrogen) atoms. The minimum atomic E-state index is -0.877. The van der Waals surface area contributed by atoms with Crippen LogP contribution in [0.5, 0.6) is 0 Å². The summed E-state index contributed by atoms with van der Waals surface area (Å²) in [5.41, 5.74) is 0. The zero-order chi connectivity index (χ0) is 12.4. The molecule has 1 atom stereocenters. The van der Waals surface area contributed by atoms with Gasteiger partial charge < -0.3 is 14.1 Å². The normalized spacial score (nSPS) is 12.6. The number of furan rings is 1. The van der Waals surface area contributed by atoms with E-state index in [4.69, 9.17) is 9.52 Å². The number of carboxylic acids is 1. The van der Waals surface area contributed by atoms with E-state index in [-0.39, 0.29) is 0 Å². The second kappa shape index (κ2) is 4.62. The van der Waals surface area contributed by atoms with Gasteiger partial charge in [0, 0.05) is 7.05 Å². The van der Waals surface area contributed by atoms with Gasteiger partial charge in [-0.15, -0.1) is 10.2 Å². The van der Waals surface area contributed by atoms with Crippen molar-refractivity contribution in [3.05, 3.63) is 18.4 Å². The summed E-state index contributed by atoms with van der Waals surface area (Å²) in [6.45, 7) is 1.61. The molecule has 90 valence electrons. The summed E-state index contributed by atoms with van der Waals surface area (Å²) in [7, 11) is 1.77. The van der Waals surface area contributed by atoms with Crippen molar-refractivity contribution in [1.82, 2.24) is 14.8 Å². The minimum Gasteiger partial charge on any atom is -0.480 e. The standard InChI is InChI=1S/C10H11N3O3S/c1-6(9(14)15)17-10-12-11-8(13(10)2)7-4-3-5-16-7/h3-6H,1-2H3,(H,14,15). The zero-order valence-electron chi connectivity index (χ0n) is 9.32. The van der Waals surface area contributed by atoms with E-state index in [0.29, 0.717) is 16.7 Å². The lowest BCUT2D eigenvalue weighted by atomic mass is 10.4. The number of hydrogen-bond donors (Lipinski definition) is 1. The molecule has 6 nitrogen and oxygen atoms in total. The molecule has 0 saturated heterocycles. The lowest BCUT2D eigenvalue weighted by molar-refractivity contribution is -0.136. The predicted molar refractivity (Wildman–Crippen MR) is 61.7 cm³/mol. The highest BCUT2D eigenvalue weighted by Crippen LogP contribution is 2.25. The number of rotatable bonds is 4. The number of aliphatic carboxylic acids is 1. The van der Waals surface area contributed by atoms with E-state index < -0.39 is 11.2 Å². The van der Waals surface area contributed by atoms with E-state index in [0.717, 1.165) is 11.8 Å². The third kappa shape index (κ3) is 2.33. The smallest absolute Gasteiger partial charge is 0.316 e. The van der Waals surface area contributed by atoms with Crippen LogP contribution >= 0.6 is 11.8 Å². The van der Waals surface area contributed by atoms with Crippen LogP contribution < -0.4 is 0 Å². The lowest BCUT2D eigenvalue weighted by Gasteiger charge is -2.05. The Morgan fingerprint density at radius 3 is 2.94 bits per heavy atom. The molecule has 0 fully saturated rings. The Hall–Kier alpha value is -1.76. The van der Waals surface area contributed by atoms with Crippen LogP contribution in [0.2, 0.25) is 0 Å². The van der Waals surface area contributed by atoms with Crippen molar-refractivity contribution in [2.75, 3.05) is 0 Å². The summed E-state index contributed by atoms with van der Waals surface area (Å²) in [6, 6.07) is 3.54. The number of thioether (sulfide) groups is 1. The highest BCUT2D eigenvalue weighted by molar-refractivity contribution is 8.00. The average Bonchev–Trinajstić information content (AvgIpc) is 2.89. The van der Waals surface area contributed by atoms with E-state index in [1.54, 1.807) is 36.9 Å². The van der Waals surface area contributed by atoms with Gasteiger partial charge in [-0.1, -0.05) is 11.8 Å². The van der Waals surface area contributed by atoms with Crippen molar-refractivity contribution in [2.45, 2.75) is 17.3 Å². The topological polar surface area (TPSA) is 81.2 Å². The maximum Gasteiger partial charge on any atom is 0.316 e. The summed E-state index contributed by atoms with van der Waals surface area (Å²) < 4.78 is 6.93. The molecule has 0 radical (unpaired) electrons. The molecule has 2 heterocycles. The second-order valence-corrected chi connectivity index (χ2v) is 4.75. The van der Waals surface area contributed by atoms with Crippen molar-refractivity contribution in [1.29, 1.82) is 0 Å². The predicted octanol–water partition coefficient (Wildman–Crippen LogP) is 1.64. The zero-order valence-corrected chi connectivity index (χ0v) is 10.1. The molecule has 0 aliphatic heterocycles. The monoisotopic (exact) mass is 253 g/mol. The van der Waals surface area contributed by atoms with Crippen LogP contribution in [0.15, 0.2) is 28.0 Å². The molecular weight excluding hydrogens is 242 g/mol. The lowest BCUT2D eigenvalue weighted by Crippen LogP contribution is -2.12. The Morgan fingerprint density at radius 1 is 1.59 bits per heavy atom. The molecule has 0 saturated carbocycles. The Balaban J connectivity index is 2.24. The van der Waals surface area contributed by atoms with Crippen LogP contribution in [0.3, 0.4) is 0 Å². The quantitative estimate of drug-likeness (QED) is 0.834. The van der Waals surface area contributed by atoms with Gasteiger partial charge in [-0.25, -0.2) is 0 Å². The molecule has 0 aromatic carbocycles. The fraction of sp³-hybridized carbons (Fsp3) is 0.300. The van der Waals surface area contributed by atoms with Crippen molar-refractivity contribution in [2.24, 2.45) is 7.05 Å². The van der Waals surface area contributed by atoms with Gasteiger partial charge in [-0.3, -0.25) is 4.79 Å². The van der Waals surface area contributed by atoms with Gasteiger partial charge in [0.1, 0.15) is 5.25 Å². The number of carbonyl (C=O) groups is 1. The molecule has 7 heteroatoms. The summed E-state index contributed by atoms with van der Waals surface area (Å²) in [5, 5.41) is 16.7. The highest BCUT2D eigenvalue weighted by Gasteiger charge is 2.19. The third-order valence-electron chi connectivity index (χ3n) is 2.21. The van der Waals surface area contributed by atoms with Crippen LogP contribution in [-0.4, -0.2) is 31.1 Å². The summed E-state index contributed by atoms with van der Waals surface area (Å²) in [4.78, 5) is 10.8. The fourth-order valence-corrected chi connectivity index (χ4v) is 2.00. The number of aromatic nitrogens is 3. The first kappa shape index (κ1) is 11.7. The Bertz CT molecular complexity index is 521. The fourth-order valence-electron chi connectivity index (χ4n) is 1.25. The number of hydrogen-bond acceptors (Lipinski definition) is 5. The van der Waals surface area contributed by atoms with Gasteiger partial charge in [0.05, 0.1) is 6.26 Å². The van der Waals surface area contributed by atoms with Gasteiger partial charge in [0.15, 0.2) is 16.7 Å². The SMILES string of the molecule is CC(Sc1nnc(-c2ccco2)n1C)C(=O)O. The molecule has 2 aromatic rings. The maximum absolute atomic E-state index is 10.8. The van der Waals surface area contributed by atoms with E-state index in [1.165, 1.54) is 0 Å². The third-order valence-corrected chi connectivity index (χ3v) is 3.33. The van der Waals surface area contributed by atoms with E-state index in [2.05, 4.69) is 10.2 Å². The van der Waals surface area contributed by atoms with Crippen LogP contribution in [0.1, 0.15) is 6.92 Å². The number of carboxylic acid groups (broad SMARTS) is 1. The van der Waals surface area contributed by atoms with Crippen molar-refractivity contribution in [3.8, 4) is 11.6 Å². The molecule has 1 unspecified atom stereocenters. The molecule has 0 spiro atoms. The first-order valence-electron chi connectivity index (χ1n) is 4.92. The van der Waals surface area contributed by atoms with Gasteiger partial charge in [0.25, 0.3) is 0 Å². The van der Waals surface area contributed by atoms with Crippen molar-refractivity contribution >= 4 is 17.7 Å². The molecule has 0 amide bonds. The minimum absolute atomic E-state index is 0.548. The number of nitrogens with zero attached hydrogens (tertiary/aromatic N) is 3. The highest BCUT2D eigenvalue weighted by atomic mass is 32.2. The van der Waals surface area contributed by atoms with Crippen molar-refractivity contribution in [3.63, 3.8) is 0 Å². The second-order valence-electron chi connectivity index (χ2n) is 3.44. The Kier molecular flexibility index (Phi) is 3.19. The molecule has 2 rings (SSSR count). The average molecular weight is 253 g/mol. The van der Waals surface area contributed by atoms with E-state index >= 15 is 0 Å². The molecular formula is C10H11N3O3S. The molecule has 0 aliphatic rings. The first-order chi connectivity index (χ1) is 8.09. The Morgan fingerprint density at radius 2 is 2.35 bits per heavy atom. The van der Waals surface area contributed by atoms with Gasteiger partial charge in [-0.2, -0.15) is 0 Å². The van der Waals surface area contributed by atoms with Crippen molar-refractivity contribution < 1.29 is 14.3 Å². The van der Waals surface area contributed by atoms with E-state index in [9.17, 15) is 4.79 Å². The Labute approximate surface area is 102 Å². The molecule has 0 aliphatic carbocycles. The van der Waals surface area contributed by atoms with Crippen LogP contribution in [0.4, 0.5) is 0 Å². The largest absolute Gasteiger partial charge is 0.480 e.